The summed E-state index contributed by atoms with van der Waals surface area (Å²) in [6, 6.07) is 5.40. The van der Waals surface area contributed by atoms with Crippen LogP contribution in [0.15, 0.2) is 32.6 Å². The maximum atomic E-state index is 12.8. The Bertz CT molecular complexity index is 973. The highest BCUT2D eigenvalue weighted by Gasteiger charge is 2.25. The first-order chi connectivity index (χ1) is 13.9. The van der Waals surface area contributed by atoms with Crippen LogP contribution in [0, 0.1) is 0 Å². The largest absolute Gasteiger partial charge is 0.450 e. The van der Waals surface area contributed by atoms with Crippen molar-refractivity contribution in [2.75, 3.05) is 38.5 Å². The Labute approximate surface area is 181 Å². The average Bonchev–Trinajstić information content (AvgIpc) is 2.73. The smallest absolute Gasteiger partial charge is 0.409 e. The number of hydrogen-bond donors (Lipinski definition) is 0. The Morgan fingerprint density at radius 1 is 1.17 bits per heavy atom. The second-order valence-corrected chi connectivity index (χ2v) is 8.32. The topological polar surface area (TPSA) is 84.7 Å². The van der Waals surface area contributed by atoms with Crippen molar-refractivity contribution in [2.24, 2.45) is 0 Å². The maximum Gasteiger partial charge on any atom is 0.409 e. The first kappa shape index (κ1) is 21.6. The van der Waals surface area contributed by atoms with Crippen LogP contribution < -0.4 is 5.56 Å². The zero-order valence-electron chi connectivity index (χ0n) is 16.4. The third-order valence-corrected chi connectivity index (χ3v) is 6.13. The molecule has 0 bridgehead atoms. The lowest BCUT2D eigenvalue weighted by Gasteiger charge is -2.34. The van der Waals surface area contributed by atoms with E-state index in [0.29, 0.717) is 55.4 Å². The highest BCUT2D eigenvalue weighted by Crippen LogP contribution is 2.21. The van der Waals surface area contributed by atoms with Crippen molar-refractivity contribution in [1.82, 2.24) is 19.4 Å². The lowest BCUT2D eigenvalue weighted by Crippen LogP contribution is -2.51. The summed E-state index contributed by atoms with van der Waals surface area (Å²) in [5.74, 6) is 0.153. The Balaban J connectivity index is 1.66. The van der Waals surface area contributed by atoms with Gasteiger partial charge < -0.3 is 14.5 Å². The molecule has 8 nitrogen and oxygen atoms in total. The zero-order chi connectivity index (χ0) is 21.0. The Morgan fingerprint density at radius 2 is 1.86 bits per heavy atom. The van der Waals surface area contributed by atoms with E-state index in [1.807, 2.05) is 13.0 Å². The number of thioether (sulfide) groups is 1. The number of nitrogens with zero attached hydrogens (tertiary/aromatic N) is 4. The quantitative estimate of drug-likeness (QED) is 0.480. The van der Waals surface area contributed by atoms with E-state index in [1.54, 1.807) is 33.4 Å². The molecule has 3 rings (SSSR count). The summed E-state index contributed by atoms with van der Waals surface area (Å²) in [7, 11) is 0. The number of aromatic nitrogens is 2. The van der Waals surface area contributed by atoms with E-state index in [9.17, 15) is 14.4 Å². The molecule has 10 heteroatoms. The lowest BCUT2D eigenvalue weighted by atomic mass is 10.2. The Morgan fingerprint density at radius 3 is 2.52 bits per heavy atom. The Hall–Kier alpha value is -2.07. The Kier molecular flexibility index (Phi) is 7.18. The van der Waals surface area contributed by atoms with Crippen LogP contribution in [0.4, 0.5) is 4.79 Å². The molecule has 0 saturated carbocycles. The fourth-order valence-electron chi connectivity index (χ4n) is 3.13. The number of carbonyl (C=O) groups excluding carboxylic acids is 2. The zero-order valence-corrected chi connectivity index (χ0v) is 18.8. The average molecular weight is 483 g/mol. The lowest BCUT2D eigenvalue weighted by molar-refractivity contribution is -0.129. The summed E-state index contributed by atoms with van der Waals surface area (Å²) < 4.78 is 7.41. The van der Waals surface area contributed by atoms with E-state index in [2.05, 4.69) is 20.9 Å². The van der Waals surface area contributed by atoms with Gasteiger partial charge in [0.1, 0.15) is 0 Å². The number of carbonyl (C=O) groups is 2. The maximum absolute atomic E-state index is 12.8. The number of benzene rings is 1. The van der Waals surface area contributed by atoms with Gasteiger partial charge in [-0.3, -0.25) is 14.2 Å². The van der Waals surface area contributed by atoms with E-state index in [-0.39, 0.29) is 23.3 Å². The van der Waals surface area contributed by atoms with Crippen LogP contribution in [-0.2, 0) is 16.1 Å². The third-order valence-electron chi connectivity index (χ3n) is 4.68. The molecule has 0 N–H and O–H groups in total. The highest BCUT2D eigenvalue weighted by atomic mass is 79.9. The molecule has 0 aliphatic carbocycles. The molecule has 1 aromatic heterocycles. The van der Waals surface area contributed by atoms with Gasteiger partial charge in [0, 0.05) is 37.2 Å². The molecule has 2 amide bonds. The summed E-state index contributed by atoms with van der Waals surface area (Å²) in [5, 5.41) is 1.08. The van der Waals surface area contributed by atoms with E-state index in [4.69, 9.17) is 4.74 Å². The second-order valence-electron chi connectivity index (χ2n) is 6.46. The molecule has 0 unspecified atom stereocenters. The van der Waals surface area contributed by atoms with Gasteiger partial charge in [-0.25, -0.2) is 9.78 Å². The number of halogens is 1. The van der Waals surface area contributed by atoms with E-state index in [0.717, 1.165) is 4.47 Å². The van der Waals surface area contributed by atoms with Crippen LogP contribution in [-0.4, -0.2) is 69.9 Å². The minimum absolute atomic E-state index is 0.0358. The molecule has 1 saturated heterocycles. The molecule has 1 fully saturated rings. The summed E-state index contributed by atoms with van der Waals surface area (Å²) in [6.45, 7) is 6.32. The van der Waals surface area contributed by atoms with Crippen LogP contribution in [0.3, 0.4) is 0 Å². The van der Waals surface area contributed by atoms with Gasteiger partial charge in [0.2, 0.25) is 5.91 Å². The molecule has 156 valence electrons. The van der Waals surface area contributed by atoms with Crippen molar-refractivity contribution in [3.63, 3.8) is 0 Å². The molecular weight excluding hydrogens is 460 g/mol. The van der Waals surface area contributed by atoms with E-state index in [1.165, 1.54) is 11.8 Å². The predicted molar refractivity (Wildman–Crippen MR) is 115 cm³/mol. The van der Waals surface area contributed by atoms with Gasteiger partial charge >= 0.3 is 6.09 Å². The normalized spacial score (nSPS) is 14.3. The molecule has 1 aromatic carbocycles. The second kappa shape index (κ2) is 9.62. The summed E-state index contributed by atoms with van der Waals surface area (Å²) >= 11 is 4.65. The van der Waals surface area contributed by atoms with Crippen molar-refractivity contribution in [3.05, 3.63) is 33.0 Å². The first-order valence-corrected chi connectivity index (χ1v) is 11.2. The molecule has 1 aliphatic heterocycles. The standard InChI is InChI=1S/C19H23BrN4O4S/c1-3-24-17(26)14-11-13(20)5-6-15(14)21-18(24)29-12-16(25)22-7-9-23(10-8-22)19(27)28-4-2/h5-6,11H,3-4,7-10,12H2,1-2H3. The molecule has 0 atom stereocenters. The van der Waals surface area contributed by atoms with Crippen LogP contribution in [0.2, 0.25) is 0 Å². The third kappa shape index (κ3) is 4.92. The number of rotatable bonds is 5. The van der Waals surface area contributed by atoms with Gasteiger partial charge in [0.15, 0.2) is 5.16 Å². The number of fused-ring (bicyclic) bond motifs is 1. The number of ether oxygens (including phenoxy) is 1. The van der Waals surface area contributed by atoms with Crippen LogP contribution in [0.5, 0.6) is 0 Å². The van der Waals surface area contributed by atoms with Gasteiger partial charge in [-0.1, -0.05) is 27.7 Å². The number of amides is 2. The predicted octanol–water partition coefficient (Wildman–Crippen LogP) is 2.57. The molecular formula is C19H23BrN4O4S. The SMILES string of the molecule is CCOC(=O)N1CCN(C(=O)CSc2nc3ccc(Br)cc3c(=O)n2CC)CC1. The molecule has 2 heterocycles. The molecule has 2 aromatic rings. The van der Waals surface area contributed by atoms with E-state index < -0.39 is 0 Å². The molecule has 0 spiro atoms. The summed E-state index contributed by atoms with van der Waals surface area (Å²) in [6.07, 6.45) is -0.340. The van der Waals surface area contributed by atoms with E-state index >= 15 is 0 Å². The fourth-order valence-corrected chi connectivity index (χ4v) is 4.46. The fraction of sp³-hybridized carbons (Fsp3) is 0.474. The van der Waals surface area contributed by atoms with Crippen LogP contribution in [0.1, 0.15) is 13.8 Å². The van der Waals surface area contributed by atoms with Gasteiger partial charge in [-0.05, 0) is 32.0 Å². The van der Waals surface area contributed by atoms with Crippen molar-refractivity contribution in [3.8, 4) is 0 Å². The van der Waals surface area contributed by atoms with Crippen LogP contribution >= 0.6 is 27.7 Å². The van der Waals surface area contributed by atoms with Gasteiger partial charge in [-0.2, -0.15) is 0 Å². The summed E-state index contributed by atoms with van der Waals surface area (Å²) in [4.78, 5) is 45.1. The molecule has 29 heavy (non-hydrogen) atoms. The first-order valence-electron chi connectivity index (χ1n) is 9.47. The summed E-state index contributed by atoms with van der Waals surface area (Å²) in [5.41, 5.74) is 0.498. The number of piperazine rings is 1. The molecule has 0 radical (unpaired) electrons. The van der Waals surface area contributed by atoms with Gasteiger partial charge in [0.25, 0.3) is 5.56 Å². The highest BCUT2D eigenvalue weighted by molar-refractivity contribution is 9.10. The van der Waals surface area contributed by atoms with Crippen molar-refractivity contribution < 1.29 is 14.3 Å². The van der Waals surface area contributed by atoms with Crippen molar-refractivity contribution >= 4 is 50.6 Å². The number of hydrogen-bond acceptors (Lipinski definition) is 6. The van der Waals surface area contributed by atoms with Crippen molar-refractivity contribution in [1.29, 1.82) is 0 Å². The van der Waals surface area contributed by atoms with Gasteiger partial charge in [0.05, 0.1) is 23.3 Å². The van der Waals surface area contributed by atoms with Crippen molar-refractivity contribution in [2.45, 2.75) is 25.5 Å². The van der Waals surface area contributed by atoms with Crippen LogP contribution in [0.25, 0.3) is 10.9 Å². The minimum Gasteiger partial charge on any atom is -0.450 e. The minimum atomic E-state index is -0.340. The van der Waals surface area contributed by atoms with Gasteiger partial charge in [-0.15, -0.1) is 0 Å². The monoisotopic (exact) mass is 482 g/mol. The molecule has 1 aliphatic rings.